The molecule has 0 radical (unpaired) electrons. The van der Waals surface area contributed by atoms with Crippen LogP contribution >= 0.6 is 0 Å². The fraction of sp³-hybridized carbons (Fsp3) is 0.105. The molecule has 3 aromatic rings. The van der Waals surface area contributed by atoms with Crippen molar-refractivity contribution in [3.05, 3.63) is 104 Å². The van der Waals surface area contributed by atoms with E-state index in [0.29, 0.717) is 10.6 Å². The van der Waals surface area contributed by atoms with Crippen LogP contribution in [0.15, 0.2) is 58.3 Å². The predicted molar refractivity (Wildman–Crippen MR) is 94.4 cm³/mol. The highest BCUT2D eigenvalue weighted by Gasteiger charge is 2.16. The van der Waals surface area contributed by atoms with Gasteiger partial charge in [0.25, 0.3) is 11.5 Å². The molecule has 0 saturated carbocycles. The highest BCUT2D eigenvalue weighted by molar-refractivity contribution is 5.93. The van der Waals surface area contributed by atoms with Crippen molar-refractivity contribution >= 4 is 5.91 Å². The molecule has 1 amide bonds. The van der Waals surface area contributed by atoms with E-state index in [-0.39, 0.29) is 24.2 Å². The number of rotatable bonds is 5. The maximum atomic E-state index is 13.8. The highest BCUT2D eigenvalue weighted by atomic mass is 19.1. The molecule has 1 heterocycles. The Kier molecular flexibility index (Phi) is 5.44. The number of nitrogens with one attached hydrogen (secondary N) is 2. The summed E-state index contributed by atoms with van der Waals surface area (Å²) < 4.78 is 41.1. The largest absolute Gasteiger partial charge is 0.348 e. The first-order valence-electron chi connectivity index (χ1n) is 8.15. The number of carbonyl (C=O) groups is 1. The third-order valence-corrected chi connectivity index (χ3v) is 4.05. The SMILES string of the molecule is O=C(NCc1ccc(F)cc1F)c1c[nH]c(=O)n(Cc2ccccc2F)c1=O. The summed E-state index contributed by atoms with van der Waals surface area (Å²) in [4.78, 5) is 39.0. The topological polar surface area (TPSA) is 84.0 Å². The zero-order valence-corrected chi connectivity index (χ0v) is 14.3. The number of nitrogens with zero attached hydrogens (tertiary/aromatic N) is 1. The van der Waals surface area contributed by atoms with Gasteiger partial charge in [-0.05, 0) is 12.1 Å². The van der Waals surface area contributed by atoms with Crippen LogP contribution in [0.1, 0.15) is 21.5 Å². The number of carbonyl (C=O) groups excluding carboxylic acids is 1. The summed E-state index contributed by atoms with van der Waals surface area (Å²) in [6.45, 7) is -0.661. The maximum Gasteiger partial charge on any atom is 0.328 e. The Morgan fingerprint density at radius 1 is 1.00 bits per heavy atom. The normalized spacial score (nSPS) is 10.7. The molecule has 0 bridgehead atoms. The first-order valence-corrected chi connectivity index (χ1v) is 8.15. The second-order valence-corrected chi connectivity index (χ2v) is 5.91. The summed E-state index contributed by atoms with van der Waals surface area (Å²) in [5.74, 6) is -3.08. The van der Waals surface area contributed by atoms with Crippen LogP contribution in [0.3, 0.4) is 0 Å². The number of hydrogen-bond acceptors (Lipinski definition) is 3. The number of H-pyrrole nitrogens is 1. The standard InChI is InChI=1S/C19H14F3N3O3/c20-13-6-5-11(16(22)7-13)8-23-17(26)14-9-24-19(28)25(18(14)27)10-12-3-1-2-4-15(12)21/h1-7,9H,8,10H2,(H,23,26)(H,24,28). The number of aromatic nitrogens is 2. The molecule has 3 rings (SSSR count). The van der Waals surface area contributed by atoms with Gasteiger partial charge in [0.2, 0.25) is 0 Å². The van der Waals surface area contributed by atoms with Crippen molar-refractivity contribution in [2.24, 2.45) is 0 Å². The lowest BCUT2D eigenvalue weighted by Crippen LogP contribution is -2.40. The van der Waals surface area contributed by atoms with E-state index in [4.69, 9.17) is 0 Å². The van der Waals surface area contributed by atoms with Crippen LogP contribution in [0.2, 0.25) is 0 Å². The second-order valence-electron chi connectivity index (χ2n) is 5.91. The number of amides is 1. The van der Waals surface area contributed by atoms with Crippen molar-refractivity contribution in [3.8, 4) is 0 Å². The van der Waals surface area contributed by atoms with E-state index in [1.165, 1.54) is 18.2 Å². The monoisotopic (exact) mass is 389 g/mol. The molecule has 0 spiro atoms. The average Bonchev–Trinajstić information content (AvgIpc) is 2.65. The van der Waals surface area contributed by atoms with Gasteiger partial charge in [-0.3, -0.25) is 14.2 Å². The number of aromatic amines is 1. The molecule has 0 aliphatic carbocycles. The minimum Gasteiger partial charge on any atom is -0.348 e. The lowest BCUT2D eigenvalue weighted by Gasteiger charge is -2.09. The van der Waals surface area contributed by atoms with Gasteiger partial charge in [0.15, 0.2) is 0 Å². The summed E-state index contributed by atoms with van der Waals surface area (Å²) in [6, 6.07) is 8.46. The van der Waals surface area contributed by atoms with Crippen molar-refractivity contribution in [2.45, 2.75) is 13.1 Å². The fourth-order valence-corrected chi connectivity index (χ4v) is 2.55. The second kappa shape index (κ2) is 7.95. The van der Waals surface area contributed by atoms with Crippen LogP contribution in [0.25, 0.3) is 0 Å². The van der Waals surface area contributed by atoms with Crippen molar-refractivity contribution in [1.82, 2.24) is 14.9 Å². The van der Waals surface area contributed by atoms with E-state index in [0.717, 1.165) is 18.3 Å². The Morgan fingerprint density at radius 2 is 1.75 bits per heavy atom. The van der Waals surface area contributed by atoms with E-state index < -0.39 is 40.2 Å². The molecule has 0 aliphatic heterocycles. The van der Waals surface area contributed by atoms with Crippen molar-refractivity contribution < 1.29 is 18.0 Å². The van der Waals surface area contributed by atoms with Gasteiger partial charge in [-0.2, -0.15) is 0 Å². The van der Waals surface area contributed by atoms with Crippen LogP contribution in [0.5, 0.6) is 0 Å². The summed E-state index contributed by atoms with van der Waals surface area (Å²) in [7, 11) is 0. The fourth-order valence-electron chi connectivity index (χ4n) is 2.55. The molecule has 0 atom stereocenters. The first kappa shape index (κ1) is 19.2. The van der Waals surface area contributed by atoms with E-state index in [9.17, 15) is 27.6 Å². The molecular formula is C19H14F3N3O3. The summed E-state index contributed by atoms with van der Waals surface area (Å²) in [5, 5.41) is 2.33. The minimum atomic E-state index is -0.927. The van der Waals surface area contributed by atoms with Gasteiger partial charge in [-0.1, -0.05) is 24.3 Å². The first-order chi connectivity index (χ1) is 13.4. The lowest BCUT2D eigenvalue weighted by atomic mass is 10.2. The molecule has 0 fully saturated rings. The van der Waals surface area contributed by atoms with E-state index >= 15 is 0 Å². The van der Waals surface area contributed by atoms with Gasteiger partial charge >= 0.3 is 5.69 Å². The average molecular weight is 389 g/mol. The molecule has 0 unspecified atom stereocenters. The molecule has 9 heteroatoms. The molecular weight excluding hydrogens is 375 g/mol. The van der Waals surface area contributed by atoms with E-state index in [1.807, 2.05) is 0 Å². The molecule has 6 nitrogen and oxygen atoms in total. The molecule has 1 aromatic heterocycles. The Morgan fingerprint density at radius 3 is 2.46 bits per heavy atom. The van der Waals surface area contributed by atoms with Crippen LogP contribution in [0.4, 0.5) is 13.2 Å². The van der Waals surface area contributed by atoms with Crippen molar-refractivity contribution in [3.63, 3.8) is 0 Å². The third-order valence-electron chi connectivity index (χ3n) is 4.05. The van der Waals surface area contributed by atoms with E-state index in [2.05, 4.69) is 10.3 Å². The third kappa shape index (κ3) is 4.03. The van der Waals surface area contributed by atoms with Gasteiger partial charge in [-0.25, -0.2) is 18.0 Å². The Balaban J connectivity index is 1.84. The van der Waals surface area contributed by atoms with Gasteiger partial charge in [0, 0.05) is 29.9 Å². The summed E-state index contributed by atoms with van der Waals surface area (Å²) >= 11 is 0. The van der Waals surface area contributed by atoms with Crippen molar-refractivity contribution in [1.29, 1.82) is 0 Å². The summed E-state index contributed by atoms with van der Waals surface area (Å²) in [5.41, 5.74) is -2.02. The van der Waals surface area contributed by atoms with E-state index in [1.54, 1.807) is 6.07 Å². The quantitative estimate of drug-likeness (QED) is 0.700. The van der Waals surface area contributed by atoms with Gasteiger partial charge in [0.1, 0.15) is 23.0 Å². The Hall–Kier alpha value is -3.62. The number of halogens is 3. The smallest absolute Gasteiger partial charge is 0.328 e. The van der Waals surface area contributed by atoms with Gasteiger partial charge in [0.05, 0.1) is 6.54 Å². The van der Waals surface area contributed by atoms with Crippen LogP contribution in [-0.4, -0.2) is 15.5 Å². The maximum absolute atomic E-state index is 13.8. The van der Waals surface area contributed by atoms with Crippen LogP contribution < -0.4 is 16.6 Å². The summed E-state index contributed by atoms with van der Waals surface area (Å²) in [6.07, 6.45) is 0.929. The minimum absolute atomic E-state index is 0.0193. The zero-order chi connectivity index (χ0) is 20.3. The molecule has 0 aliphatic rings. The molecule has 0 saturated heterocycles. The van der Waals surface area contributed by atoms with Crippen LogP contribution in [-0.2, 0) is 13.1 Å². The molecule has 144 valence electrons. The molecule has 28 heavy (non-hydrogen) atoms. The lowest BCUT2D eigenvalue weighted by molar-refractivity contribution is 0.0948. The number of hydrogen-bond donors (Lipinski definition) is 2. The molecule has 2 N–H and O–H groups in total. The van der Waals surface area contributed by atoms with Gasteiger partial charge < -0.3 is 10.3 Å². The predicted octanol–water partition coefficient (Wildman–Crippen LogP) is 1.93. The Bertz CT molecular complexity index is 1150. The highest BCUT2D eigenvalue weighted by Crippen LogP contribution is 2.09. The Labute approximate surface area is 156 Å². The zero-order valence-electron chi connectivity index (χ0n) is 14.3. The van der Waals surface area contributed by atoms with Gasteiger partial charge in [-0.15, -0.1) is 0 Å². The van der Waals surface area contributed by atoms with Crippen LogP contribution in [0, 0.1) is 17.5 Å². The molecule has 2 aromatic carbocycles. The number of benzene rings is 2. The van der Waals surface area contributed by atoms with Crippen molar-refractivity contribution in [2.75, 3.05) is 0 Å².